The summed E-state index contributed by atoms with van der Waals surface area (Å²) in [7, 11) is 1.34. The highest BCUT2D eigenvalue weighted by Crippen LogP contribution is 2.18. The van der Waals surface area contributed by atoms with E-state index in [0.29, 0.717) is 5.75 Å². The number of esters is 1. The SMILES string of the molecule is COC(=O)CCOc1cccc([C@@H](C)O)c1. The Balaban J connectivity index is 2.48. The summed E-state index contributed by atoms with van der Waals surface area (Å²) in [4.78, 5) is 10.8. The summed E-state index contributed by atoms with van der Waals surface area (Å²) in [6.07, 6.45) is -0.306. The number of methoxy groups -OCH3 is 1. The molecule has 1 N–H and O–H groups in total. The van der Waals surface area contributed by atoms with Crippen molar-refractivity contribution in [1.29, 1.82) is 0 Å². The van der Waals surface area contributed by atoms with E-state index in [-0.39, 0.29) is 19.0 Å². The minimum Gasteiger partial charge on any atom is -0.493 e. The van der Waals surface area contributed by atoms with Gasteiger partial charge >= 0.3 is 5.97 Å². The maximum Gasteiger partial charge on any atom is 0.308 e. The van der Waals surface area contributed by atoms with Crippen molar-refractivity contribution in [3.63, 3.8) is 0 Å². The van der Waals surface area contributed by atoms with Crippen LogP contribution in [0.25, 0.3) is 0 Å². The number of hydrogen-bond donors (Lipinski definition) is 1. The van der Waals surface area contributed by atoms with Gasteiger partial charge < -0.3 is 14.6 Å². The molecule has 0 bridgehead atoms. The quantitative estimate of drug-likeness (QED) is 0.773. The number of aliphatic hydroxyl groups excluding tert-OH is 1. The minimum atomic E-state index is -0.524. The summed E-state index contributed by atoms with van der Waals surface area (Å²) in [6.45, 7) is 1.96. The topological polar surface area (TPSA) is 55.8 Å². The number of benzene rings is 1. The van der Waals surface area contributed by atoms with E-state index in [4.69, 9.17) is 4.74 Å². The van der Waals surface area contributed by atoms with Crippen LogP contribution in [-0.2, 0) is 9.53 Å². The molecule has 0 amide bonds. The van der Waals surface area contributed by atoms with E-state index in [2.05, 4.69) is 4.74 Å². The highest BCUT2D eigenvalue weighted by molar-refractivity contribution is 5.69. The Morgan fingerprint density at radius 3 is 2.88 bits per heavy atom. The zero-order valence-corrected chi connectivity index (χ0v) is 9.47. The van der Waals surface area contributed by atoms with Crippen molar-refractivity contribution in [1.82, 2.24) is 0 Å². The number of hydrogen-bond acceptors (Lipinski definition) is 4. The zero-order chi connectivity index (χ0) is 12.0. The molecule has 0 saturated heterocycles. The highest BCUT2D eigenvalue weighted by Gasteiger charge is 2.03. The molecule has 0 aliphatic heterocycles. The molecular formula is C12H16O4. The maximum absolute atomic E-state index is 10.8. The first-order valence-electron chi connectivity index (χ1n) is 5.11. The van der Waals surface area contributed by atoms with Gasteiger partial charge in [-0.3, -0.25) is 4.79 Å². The van der Waals surface area contributed by atoms with Crippen molar-refractivity contribution in [2.24, 2.45) is 0 Å². The Bertz CT molecular complexity index is 347. The Hall–Kier alpha value is -1.55. The van der Waals surface area contributed by atoms with Crippen molar-refractivity contribution < 1.29 is 19.4 Å². The Kier molecular flexibility index (Phi) is 4.79. The first-order chi connectivity index (χ1) is 7.63. The van der Waals surface area contributed by atoms with Gasteiger partial charge in [-0.15, -0.1) is 0 Å². The summed E-state index contributed by atoms with van der Waals surface area (Å²) in [5.41, 5.74) is 0.788. The average Bonchev–Trinajstić information content (AvgIpc) is 2.29. The molecule has 0 spiro atoms. The van der Waals surface area contributed by atoms with Gasteiger partial charge in [0.25, 0.3) is 0 Å². The second kappa shape index (κ2) is 6.12. The van der Waals surface area contributed by atoms with Gasteiger partial charge in [0.15, 0.2) is 0 Å². The van der Waals surface area contributed by atoms with Crippen LogP contribution in [0.4, 0.5) is 0 Å². The second-order valence-corrected chi connectivity index (χ2v) is 3.42. The van der Waals surface area contributed by atoms with Crippen LogP contribution in [0.3, 0.4) is 0 Å². The van der Waals surface area contributed by atoms with Gasteiger partial charge in [-0.05, 0) is 24.6 Å². The van der Waals surface area contributed by atoms with Gasteiger partial charge in [0, 0.05) is 0 Å². The molecule has 0 aromatic heterocycles. The van der Waals surface area contributed by atoms with Crippen molar-refractivity contribution in [3.8, 4) is 5.75 Å². The Morgan fingerprint density at radius 2 is 2.25 bits per heavy atom. The number of carbonyl (C=O) groups is 1. The predicted molar refractivity (Wildman–Crippen MR) is 59.2 cm³/mol. The monoisotopic (exact) mass is 224 g/mol. The Morgan fingerprint density at radius 1 is 1.50 bits per heavy atom. The van der Waals surface area contributed by atoms with Crippen LogP contribution in [0.5, 0.6) is 5.75 Å². The van der Waals surface area contributed by atoms with E-state index in [1.807, 2.05) is 6.07 Å². The maximum atomic E-state index is 10.8. The van der Waals surface area contributed by atoms with Crippen molar-refractivity contribution in [3.05, 3.63) is 29.8 Å². The molecule has 1 aromatic rings. The molecule has 16 heavy (non-hydrogen) atoms. The van der Waals surface area contributed by atoms with Gasteiger partial charge in [0.05, 0.1) is 26.2 Å². The molecule has 0 heterocycles. The standard InChI is InChI=1S/C12H16O4/c1-9(13)10-4-3-5-11(8-10)16-7-6-12(14)15-2/h3-5,8-9,13H,6-7H2,1-2H3/t9-/m1/s1. The van der Waals surface area contributed by atoms with Gasteiger partial charge in [-0.2, -0.15) is 0 Å². The van der Waals surface area contributed by atoms with E-state index < -0.39 is 6.10 Å². The van der Waals surface area contributed by atoms with Gasteiger partial charge in [-0.25, -0.2) is 0 Å². The molecule has 0 radical (unpaired) electrons. The number of aliphatic hydroxyl groups is 1. The molecule has 1 atom stereocenters. The van der Waals surface area contributed by atoms with E-state index in [0.717, 1.165) is 5.56 Å². The van der Waals surface area contributed by atoms with Crippen molar-refractivity contribution in [2.75, 3.05) is 13.7 Å². The van der Waals surface area contributed by atoms with Gasteiger partial charge in [0.2, 0.25) is 0 Å². The molecule has 0 fully saturated rings. The van der Waals surface area contributed by atoms with Crippen LogP contribution in [-0.4, -0.2) is 24.8 Å². The minimum absolute atomic E-state index is 0.218. The van der Waals surface area contributed by atoms with E-state index >= 15 is 0 Å². The van der Waals surface area contributed by atoms with Crippen molar-refractivity contribution >= 4 is 5.97 Å². The third-order valence-corrected chi connectivity index (χ3v) is 2.14. The molecule has 4 nitrogen and oxygen atoms in total. The fourth-order valence-electron chi connectivity index (χ4n) is 1.22. The second-order valence-electron chi connectivity index (χ2n) is 3.42. The smallest absolute Gasteiger partial charge is 0.308 e. The van der Waals surface area contributed by atoms with Crippen LogP contribution in [0.15, 0.2) is 24.3 Å². The lowest BCUT2D eigenvalue weighted by Crippen LogP contribution is -2.07. The predicted octanol–water partition coefficient (Wildman–Crippen LogP) is 1.68. The third-order valence-electron chi connectivity index (χ3n) is 2.14. The molecule has 4 heteroatoms. The molecule has 0 unspecified atom stereocenters. The molecule has 0 aliphatic carbocycles. The first-order valence-corrected chi connectivity index (χ1v) is 5.11. The third kappa shape index (κ3) is 3.90. The van der Waals surface area contributed by atoms with Crippen LogP contribution >= 0.6 is 0 Å². The molecular weight excluding hydrogens is 208 g/mol. The summed E-state index contributed by atoms with van der Waals surface area (Å²) >= 11 is 0. The molecule has 1 aromatic carbocycles. The number of ether oxygens (including phenoxy) is 2. The molecule has 1 rings (SSSR count). The van der Waals surface area contributed by atoms with E-state index in [1.165, 1.54) is 7.11 Å². The highest BCUT2D eigenvalue weighted by atomic mass is 16.5. The van der Waals surface area contributed by atoms with E-state index in [1.54, 1.807) is 25.1 Å². The zero-order valence-electron chi connectivity index (χ0n) is 9.47. The summed E-state index contributed by atoms with van der Waals surface area (Å²) in [5.74, 6) is 0.342. The van der Waals surface area contributed by atoms with Crippen LogP contribution in [0.1, 0.15) is 25.0 Å². The van der Waals surface area contributed by atoms with Crippen LogP contribution in [0, 0.1) is 0 Å². The van der Waals surface area contributed by atoms with Crippen LogP contribution in [0.2, 0.25) is 0 Å². The van der Waals surface area contributed by atoms with E-state index in [9.17, 15) is 9.90 Å². The summed E-state index contributed by atoms with van der Waals surface area (Å²) in [5, 5.41) is 9.37. The lowest BCUT2D eigenvalue weighted by molar-refractivity contribution is -0.141. The summed E-state index contributed by atoms with van der Waals surface area (Å²) in [6, 6.07) is 7.15. The largest absolute Gasteiger partial charge is 0.493 e. The fourth-order valence-corrected chi connectivity index (χ4v) is 1.22. The molecule has 0 aliphatic rings. The molecule has 88 valence electrons. The van der Waals surface area contributed by atoms with Gasteiger partial charge in [-0.1, -0.05) is 12.1 Å². The van der Waals surface area contributed by atoms with Crippen molar-refractivity contribution in [2.45, 2.75) is 19.4 Å². The summed E-state index contributed by atoms with van der Waals surface area (Å²) < 4.78 is 9.85. The normalized spacial score (nSPS) is 11.9. The average molecular weight is 224 g/mol. The number of rotatable bonds is 5. The lowest BCUT2D eigenvalue weighted by atomic mass is 10.1. The fraction of sp³-hybridized carbons (Fsp3) is 0.417. The van der Waals surface area contributed by atoms with Crippen LogP contribution < -0.4 is 4.74 Å². The Labute approximate surface area is 94.8 Å². The first kappa shape index (κ1) is 12.5. The van der Waals surface area contributed by atoms with Gasteiger partial charge in [0.1, 0.15) is 5.75 Å². The lowest BCUT2D eigenvalue weighted by Gasteiger charge is -2.08. The molecule has 0 saturated carbocycles. The number of carbonyl (C=O) groups excluding carboxylic acids is 1.